The molecule has 9 heteroatoms. The Labute approximate surface area is 142 Å². The molecule has 2 aromatic rings. The summed E-state index contributed by atoms with van der Waals surface area (Å²) in [6.45, 7) is 0. The minimum Gasteiger partial charge on any atom is -0.398 e. The average Bonchev–Trinajstić information content (AvgIpc) is 2.23. The van der Waals surface area contributed by atoms with Gasteiger partial charge in [0.2, 0.25) is 0 Å². The Hall–Kier alpha value is -0.830. The molecular formula is C12H8Br2ClFN2O2S. The van der Waals surface area contributed by atoms with Gasteiger partial charge in [-0.15, -0.1) is 0 Å². The zero-order valence-corrected chi connectivity index (χ0v) is 14.9. The van der Waals surface area contributed by atoms with E-state index in [2.05, 4.69) is 36.6 Å². The zero-order chi connectivity index (χ0) is 15.8. The number of nitrogen functional groups attached to an aromatic ring is 1. The van der Waals surface area contributed by atoms with Crippen LogP contribution < -0.4 is 10.5 Å². The van der Waals surface area contributed by atoms with E-state index in [0.29, 0.717) is 4.47 Å². The molecular weight excluding hydrogens is 450 g/mol. The lowest BCUT2D eigenvalue weighted by atomic mass is 10.3. The molecule has 0 bridgehead atoms. The number of benzene rings is 2. The molecule has 0 spiro atoms. The van der Waals surface area contributed by atoms with Crippen molar-refractivity contribution in [2.75, 3.05) is 10.5 Å². The topological polar surface area (TPSA) is 72.2 Å². The van der Waals surface area contributed by atoms with Crippen LogP contribution in [0.2, 0.25) is 5.02 Å². The molecule has 0 aliphatic rings. The Bertz CT molecular complexity index is 772. The quantitative estimate of drug-likeness (QED) is 0.671. The van der Waals surface area contributed by atoms with Gasteiger partial charge in [-0.1, -0.05) is 27.5 Å². The lowest BCUT2D eigenvalue weighted by Gasteiger charge is -2.12. The highest BCUT2D eigenvalue weighted by atomic mass is 79.9. The third-order valence-corrected chi connectivity index (χ3v) is 5.48. The first-order valence-electron chi connectivity index (χ1n) is 5.42. The van der Waals surface area contributed by atoms with Crippen LogP contribution in [0, 0.1) is 5.82 Å². The molecule has 0 amide bonds. The van der Waals surface area contributed by atoms with E-state index in [1.807, 2.05) is 0 Å². The lowest BCUT2D eigenvalue weighted by molar-refractivity contribution is 0.601. The lowest BCUT2D eigenvalue weighted by Crippen LogP contribution is -2.15. The molecule has 2 rings (SSSR count). The van der Waals surface area contributed by atoms with Crippen molar-refractivity contribution in [1.29, 1.82) is 0 Å². The van der Waals surface area contributed by atoms with Gasteiger partial charge in [0.1, 0.15) is 10.7 Å². The Balaban J connectivity index is 2.48. The molecule has 0 saturated carbocycles. The van der Waals surface area contributed by atoms with E-state index in [1.54, 1.807) is 6.07 Å². The SMILES string of the molecule is Nc1cc(Br)cc(Br)c1S(=O)(=O)Nc1cc(F)cc(Cl)c1. The Morgan fingerprint density at radius 2 is 1.81 bits per heavy atom. The Morgan fingerprint density at radius 3 is 2.38 bits per heavy atom. The van der Waals surface area contributed by atoms with Gasteiger partial charge in [0, 0.05) is 14.0 Å². The largest absolute Gasteiger partial charge is 0.398 e. The molecule has 0 heterocycles. The van der Waals surface area contributed by atoms with Crippen LogP contribution in [0.1, 0.15) is 0 Å². The van der Waals surface area contributed by atoms with Gasteiger partial charge in [-0.05, 0) is 46.3 Å². The summed E-state index contributed by atoms with van der Waals surface area (Å²) in [5.74, 6) is -0.650. The fourth-order valence-electron chi connectivity index (χ4n) is 1.68. The smallest absolute Gasteiger partial charge is 0.265 e. The van der Waals surface area contributed by atoms with Gasteiger partial charge < -0.3 is 5.73 Å². The van der Waals surface area contributed by atoms with Crippen LogP contribution in [0.5, 0.6) is 0 Å². The van der Waals surface area contributed by atoms with Crippen molar-refractivity contribution >= 4 is 64.9 Å². The van der Waals surface area contributed by atoms with Crippen molar-refractivity contribution in [3.05, 3.63) is 50.1 Å². The number of rotatable bonds is 3. The number of sulfonamides is 1. The molecule has 0 radical (unpaired) electrons. The third kappa shape index (κ3) is 3.88. The van der Waals surface area contributed by atoms with Crippen LogP contribution >= 0.6 is 43.5 Å². The maximum Gasteiger partial charge on any atom is 0.265 e. The second-order valence-electron chi connectivity index (χ2n) is 4.07. The summed E-state index contributed by atoms with van der Waals surface area (Å²) in [6, 6.07) is 6.39. The van der Waals surface area contributed by atoms with Crippen LogP contribution in [0.4, 0.5) is 15.8 Å². The fraction of sp³-hybridized carbons (Fsp3) is 0. The molecule has 0 unspecified atom stereocenters. The van der Waals surface area contributed by atoms with E-state index in [1.165, 1.54) is 12.1 Å². The van der Waals surface area contributed by atoms with E-state index in [9.17, 15) is 12.8 Å². The van der Waals surface area contributed by atoms with Crippen molar-refractivity contribution in [1.82, 2.24) is 0 Å². The summed E-state index contributed by atoms with van der Waals surface area (Å²) in [4.78, 5) is -0.133. The minimum atomic E-state index is -3.99. The standard InChI is InChI=1S/C12H8Br2ClFN2O2S/c13-6-1-10(14)12(11(17)2-6)21(19,20)18-9-4-7(15)3-8(16)5-9/h1-5,18H,17H2. The summed E-state index contributed by atoms with van der Waals surface area (Å²) < 4.78 is 41.2. The van der Waals surface area contributed by atoms with Gasteiger partial charge in [-0.3, -0.25) is 4.72 Å². The monoisotopic (exact) mass is 456 g/mol. The van der Waals surface area contributed by atoms with Gasteiger partial charge in [0.25, 0.3) is 10.0 Å². The fourth-order valence-corrected chi connectivity index (χ4v) is 5.02. The van der Waals surface area contributed by atoms with E-state index >= 15 is 0 Å². The summed E-state index contributed by atoms with van der Waals surface area (Å²) >= 11 is 12.0. The zero-order valence-electron chi connectivity index (χ0n) is 10.2. The first-order chi connectivity index (χ1) is 9.69. The summed E-state index contributed by atoms with van der Waals surface area (Å²) in [6.07, 6.45) is 0. The van der Waals surface area contributed by atoms with Gasteiger partial charge >= 0.3 is 0 Å². The van der Waals surface area contributed by atoms with Crippen molar-refractivity contribution in [3.63, 3.8) is 0 Å². The normalized spacial score (nSPS) is 11.4. The van der Waals surface area contributed by atoms with Crippen LogP contribution in [0.25, 0.3) is 0 Å². The third-order valence-electron chi connectivity index (χ3n) is 2.42. The number of hydrogen-bond donors (Lipinski definition) is 2. The summed E-state index contributed by atoms with van der Waals surface area (Å²) in [7, 11) is -3.99. The van der Waals surface area contributed by atoms with Crippen molar-refractivity contribution in [3.8, 4) is 0 Å². The number of hydrogen-bond acceptors (Lipinski definition) is 3. The predicted octanol–water partition coefficient (Wildman–Crippen LogP) is 4.39. The van der Waals surface area contributed by atoms with Crippen molar-refractivity contribution in [2.24, 2.45) is 0 Å². The van der Waals surface area contributed by atoms with E-state index in [-0.39, 0.29) is 25.8 Å². The maximum absolute atomic E-state index is 13.3. The number of nitrogens with one attached hydrogen (secondary N) is 1. The summed E-state index contributed by atoms with van der Waals surface area (Å²) in [5.41, 5.74) is 5.80. The summed E-state index contributed by atoms with van der Waals surface area (Å²) in [5, 5.41) is 0.0792. The highest BCUT2D eigenvalue weighted by molar-refractivity contribution is 9.11. The van der Waals surface area contributed by atoms with Gasteiger partial charge in [0.05, 0.1) is 11.4 Å². The molecule has 0 aliphatic heterocycles. The van der Waals surface area contributed by atoms with Gasteiger partial charge in [0.15, 0.2) is 0 Å². The highest BCUT2D eigenvalue weighted by Gasteiger charge is 2.22. The Kier molecular flexibility index (Phi) is 4.82. The first kappa shape index (κ1) is 16.5. The highest BCUT2D eigenvalue weighted by Crippen LogP contribution is 2.33. The van der Waals surface area contributed by atoms with Crippen molar-refractivity contribution < 1.29 is 12.8 Å². The van der Waals surface area contributed by atoms with Crippen LogP contribution in [0.3, 0.4) is 0 Å². The first-order valence-corrected chi connectivity index (χ1v) is 8.87. The molecule has 4 nitrogen and oxygen atoms in total. The van der Waals surface area contributed by atoms with Gasteiger partial charge in [-0.2, -0.15) is 0 Å². The molecule has 0 fully saturated rings. The molecule has 3 N–H and O–H groups in total. The minimum absolute atomic E-state index is 0.00854. The molecule has 21 heavy (non-hydrogen) atoms. The van der Waals surface area contributed by atoms with E-state index in [4.69, 9.17) is 17.3 Å². The van der Waals surface area contributed by atoms with Crippen LogP contribution in [0.15, 0.2) is 44.2 Å². The maximum atomic E-state index is 13.3. The molecule has 2 aromatic carbocycles. The molecule has 0 aliphatic carbocycles. The van der Waals surface area contributed by atoms with Gasteiger partial charge in [-0.25, -0.2) is 12.8 Å². The second-order valence-corrected chi connectivity index (χ2v) is 7.90. The number of anilines is 2. The molecule has 0 saturated heterocycles. The molecule has 112 valence electrons. The molecule has 0 aromatic heterocycles. The molecule has 0 atom stereocenters. The number of halogens is 4. The van der Waals surface area contributed by atoms with E-state index < -0.39 is 15.8 Å². The average molecular weight is 459 g/mol. The van der Waals surface area contributed by atoms with Crippen LogP contribution in [-0.4, -0.2) is 8.42 Å². The Morgan fingerprint density at radius 1 is 1.14 bits per heavy atom. The number of nitrogens with two attached hydrogens (primary N) is 1. The van der Waals surface area contributed by atoms with Crippen LogP contribution in [-0.2, 0) is 10.0 Å². The predicted molar refractivity (Wildman–Crippen MR) is 88.5 cm³/mol. The van der Waals surface area contributed by atoms with Crippen molar-refractivity contribution in [2.45, 2.75) is 4.90 Å². The van der Waals surface area contributed by atoms with E-state index in [0.717, 1.165) is 12.1 Å². The second kappa shape index (κ2) is 6.12.